The molecule has 2 aromatic carbocycles. The van der Waals surface area contributed by atoms with Crippen molar-refractivity contribution in [1.29, 1.82) is 0 Å². The fourth-order valence-electron chi connectivity index (χ4n) is 2.70. The van der Waals surface area contributed by atoms with Crippen LogP contribution in [0.1, 0.15) is 5.69 Å². The molecule has 8 heteroatoms. The van der Waals surface area contributed by atoms with E-state index in [0.717, 1.165) is 16.6 Å². The lowest BCUT2D eigenvalue weighted by molar-refractivity contribution is 0.600. The Kier molecular flexibility index (Phi) is 3.54. The summed E-state index contributed by atoms with van der Waals surface area (Å²) in [6.45, 7) is 1.73. The summed E-state index contributed by atoms with van der Waals surface area (Å²) in [7, 11) is -3.75. The van der Waals surface area contributed by atoms with Crippen LogP contribution >= 0.6 is 0 Å². The van der Waals surface area contributed by atoms with Crippen LogP contribution in [0.25, 0.3) is 16.6 Å². The van der Waals surface area contributed by atoms with Crippen LogP contribution < -0.4 is 4.72 Å². The molecule has 0 aliphatic rings. The summed E-state index contributed by atoms with van der Waals surface area (Å²) in [4.78, 5) is 0.140. The van der Waals surface area contributed by atoms with Crippen molar-refractivity contribution in [3.05, 3.63) is 66.6 Å². The quantitative estimate of drug-likeness (QED) is 0.590. The lowest BCUT2D eigenvalue weighted by atomic mass is 10.2. The van der Waals surface area contributed by atoms with Gasteiger partial charge < -0.3 is 0 Å². The highest BCUT2D eigenvalue weighted by atomic mass is 32.2. The van der Waals surface area contributed by atoms with Crippen molar-refractivity contribution in [2.75, 3.05) is 4.72 Å². The molecule has 4 rings (SSSR count). The average molecular weight is 353 g/mol. The van der Waals surface area contributed by atoms with Crippen molar-refractivity contribution in [3.63, 3.8) is 0 Å². The number of para-hydroxylation sites is 1. The maximum absolute atomic E-state index is 12.8. The van der Waals surface area contributed by atoms with Crippen LogP contribution in [0.3, 0.4) is 0 Å². The summed E-state index contributed by atoms with van der Waals surface area (Å²) in [5, 5.41) is 11.9. The molecule has 0 saturated heterocycles. The fourth-order valence-corrected chi connectivity index (χ4v) is 3.91. The minimum absolute atomic E-state index is 0.140. The minimum Gasteiger partial charge on any atom is -0.279 e. The molecular formula is C17H15N5O2S. The highest BCUT2D eigenvalue weighted by Crippen LogP contribution is 2.23. The van der Waals surface area contributed by atoms with Crippen LogP contribution in [0, 0.1) is 6.92 Å². The first kappa shape index (κ1) is 15.4. The monoisotopic (exact) mass is 353 g/mol. The Labute approximate surface area is 144 Å². The number of fused-ring (bicyclic) bond motifs is 1. The van der Waals surface area contributed by atoms with E-state index in [-0.39, 0.29) is 4.90 Å². The van der Waals surface area contributed by atoms with Crippen LogP contribution in [0.15, 0.2) is 65.8 Å². The number of nitrogens with one attached hydrogen (secondary N) is 2. The lowest BCUT2D eigenvalue weighted by Gasteiger charge is -2.08. The summed E-state index contributed by atoms with van der Waals surface area (Å²) >= 11 is 0. The number of hydrogen-bond acceptors (Lipinski definition) is 4. The van der Waals surface area contributed by atoms with Crippen LogP contribution in [0.4, 0.5) is 5.69 Å². The fraction of sp³-hybridized carbons (Fsp3) is 0.0588. The molecule has 0 radical (unpaired) electrons. The van der Waals surface area contributed by atoms with Gasteiger partial charge in [-0.3, -0.25) is 9.82 Å². The largest absolute Gasteiger partial charge is 0.279 e. The van der Waals surface area contributed by atoms with E-state index in [0.29, 0.717) is 11.4 Å². The maximum Gasteiger partial charge on any atom is 0.265 e. The number of nitrogens with zero attached hydrogens (tertiary/aromatic N) is 3. The van der Waals surface area contributed by atoms with Gasteiger partial charge in [-0.2, -0.15) is 10.2 Å². The van der Waals surface area contributed by atoms with E-state index in [1.165, 1.54) is 6.20 Å². The van der Waals surface area contributed by atoms with Gasteiger partial charge in [0.25, 0.3) is 10.0 Å². The van der Waals surface area contributed by atoms with Gasteiger partial charge in [0.15, 0.2) is 0 Å². The molecule has 7 nitrogen and oxygen atoms in total. The van der Waals surface area contributed by atoms with E-state index < -0.39 is 10.0 Å². The van der Waals surface area contributed by atoms with Gasteiger partial charge in [0, 0.05) is 5.39 Å². The number of sulfonamides is 1. The number of anilines is 1. The molecule has 0 saturated carbocycles. The standard InChI is InChI=1S/C17H15N5O2S/c1-12-17(11-19-22(12)15-5-3-2-4-6-15)25(23,24)21-14-8-7-13-10-18-20-16(13)9-14/h2-11,21H,1H3,(H,18,20). The van der Waals surface area contributed by atoms with E-state index in [1.54, 1.807) is 36.0 Å². The summed E-state index contributed by atoms with van der Waals surface area (Å²) < 4.78 is 29.7. The molecule has 2 heterocycles. The van der Waals surface area contributed by atoms with Crippen molar-refractivity contribution < 1.29 is 8.42 Å². The van der Waals surface area contributed by atoms with Gasteiger partial charge in [0.2, 0.25) is 0 Å². The normalized spacial score (nSPS) is 11.7. The van der Waals surface area contributed by atoms with Gasteiger partial charge in [0.05, 0.1) is 35.0 Å². The third-order valence-corrected chi connectivity index (χ3v) is 5.43. The molecule has 4 aromatic rings. The molecule has 0 spiro atoms. The first-order chi connectivity index (χ1) is 12.0. The van der Waals surface area contributed by atoms with Crippen LogP contribution in [-0.4, -0.2) is 28.4 Å². The average Bonchev–Trinajstić information content (AvgIpc) is 3.21. The molecule has 0 aliphatic carbocycles. The molecule has 2 N–H and O–H groups in total. The summed E-state index contributed by atoms with van der Waals surface area (Å²) in [5.41, 5.74) is 2.57. The second-order valence-electron chi connectivity index (χ2n) is 5.62. The lowest BCUT2D eigenvalue weighted by Crippen LogP contribution is -2.14. The summed E-state index contributed by atoms with van der Waals surface area (Å²) in [5.74, 6) is 0. The van der Waals surface area contributed by atoms with Crippen LogP contribution in [0.2, 0.25) is 0 Å². The number of aromatic nitrogens is 4. The molecule has 0 fully saturated rings. The van der Waals surface area contributed by atoms with Gasteiger partial charge in [-0.05, 0) is 37.3 Å². The zero-order valence-electron chi connectivity index (χ0n) is 13.3. The Hall–Kier alpha value is -3.13. The Morgan fingerprint density at radius 1 is 1.08 bits per heavy atom. The Balaban J connectivity index is 1.69. The minimum atomic E-state index is -3.75. The van der Waals surface area contributed by atoms with Gasteiger partial charge in [-0.15, -0.1) is 0 Å². The smallest absolute Gasteiger partial charge is 0.265 e. The first-order valence-corrected chi connectivity index (χ1v) is 9.09. The SMILES string of the molecule is Cc1c(S(=O)(=O)Nc2ccc3cn[nH]c3c2)cnn1-c1ccccc1. The van der Waals surface area contributed by atoms with E-state index in [9.17, 15) is 8.42 Å². The van der Waals surface area contributed by atoms with Crippen molar-refractivity contribution in [1.82, 2.24) is 20.0 Å². The number of rotatable bonds is 4. The second-order valence-corrected chi connectivity index (χ2v) is 7.27. The van der Waals surface area contributed by atoms with Crippen LogP contribution in [-0.2, 0) is 10.0 Å². The highest BCUT2D eigenvalue weighted by Gasteiger charge is 2.21. The molecule has 2 aromatic heterocycles. The third kappa shape index (κ3) is 2.76. The molecule has 0 aliphatic heterocycles. The Morgan fingerprint density at radius 2 is 1.88 bits per heavy atom. The van der Waals surface area contributed by atoms with Gasteiger partial charge >= 0.3 is 0 Å². The Bertz CT molecular complexity index is 1150. The zero-order chi connectivity index (χ0) is 17.4. The van der Waals surface area contributed by atoms with E-state index in [4.69, 9.17) is 0 Å². The number of aromatic amines is 1. The Morgan fingerprint density at radius 3 is 2.68 bits per heavy atom. The number of benzene rings is 2. The molecule has 126 valence electrons. The maximum atomic E-state index is 12.8. The molecule has 0 amide bonds. The summed E-state index contributed by atoms with van der Waals surface area (Å²) in [6, 6.07) is 14.6. The summed E-state index contributed by atoms with van der Waals surface area (Å²) in [6.07, 6.45) is 3.04. The molecule has 0 bridgehead atoms. The highest BCUT2D eigenvalue weighted by molar-refractivity contribution is 7.92. The van der Waals surface area contributed by atoms with E-state index in [2.05, 4.69) is 20.0 Å². The van der Waals surface area contributed by atoms with Crippen molar-refractivity contribution in [3.8, 4) is 5.69 Å². The van der Waals surface area contributed by atoms with Crippen molar-refractivity contribution in [2.45, 2.75) is 11.8 Å². The number of H-pyrrole nitrogens is 1. The second kappa shape index (κ2) is 5.75. The number of hydrogen-bond donors (Lipinski definition) is 2. The molecule has 0 atom stereocenters. The predicted molar refractivity (Wildman–Crippen MR) is 95.2 cm³/mol. The molecular weight excluding hydrogens is 338 g/mol. The van der Waals surface area contributed by atoms with Crippen molar-refractivity contribution in [2.24, 2.45) is 0 Å². The van der Waals surface area contributed by atoms with E-state index in [1.807, 2.05) is 30.3 Å². The third-order valence-electron chi connectivity index (χ3n) is 3.95. The van der Waals surface area contributed by atoms with Gasteiger partial charge in [0.1, 0.15) is 4.90 Å². The molecule has 25 heavy (non-hydrogen) atoms. The van der Waals surface area contributed by atoms with Gasteiger partial charge in [-0.1, -0.05) is 18.2 Å². The first-order valence-electron chi connectivity index (χ1n) is 7.60. The van der Waals surface area contributed by atoms with Crippen LogP contribution in [0.5, 0.6) is 0 Å². The van der Waals surface area contributed by atoms with Crippen molar-refractivity contribution >= 4 is 26.6 Å². The molecule has 0 unspecified atom stereocenters. The topological polar surface area (TPSA) is 92.7 Å². The predicted octanol–water partition coefficient (Wildman–Crippen LogP) is 2.86. The van der Waals surface area contributed by atoms with E-state index >= 15 is 0 Å². The van der Waals surface area contributed by atoms with Gasteiger partial charge in [-0.25, -0.2) is 13.1 Å². The zero-order valence-corrected chi connectivity index (χ0v) is 14.2.